The van der Waals surface area contributed by atoms with E-state index in [2.05, 4.69) is 11.6 Å². The molecule has 1 aliphatic rings. The van der Waals surface area contributed by atoms with Crippen LogP contribution in [0.5, 0.6) is 5.75 Å². The molecule has 0 heterocycles. The second-order valence-electron chi connectivity index (χ2n) is 5.65. The van der Waals surface area contributed by atoms with Crippen molar-refractivity contribution in [2.24, 2.45) is 5.92 Å². The monoisotopic (exact) mass is 312 g/mol. The van der Waals surface area contributed by atoms with Gasteiger partial charge in [0.25, 0.3) is 0 Å². The number of ether oxygens (including phenoxy) is 1. The summed E-state index contributed by atoms with van der Waals surface area (Å²) in [4.78, 5) is 0.126. The van der Waals surface area contributed by atoms with Crippen LogP contribution in [-0.4, -0.2) is 21.6 Å². The molecule has 0 aromatic heterocycles. The molecule has 1 saturated carbocycles. The first kappa shape index (κ1) is 16.1. The first-order chi connectivity index (χ1) is 9.96. The Hall–Kier alpha value is -1.27. The first-order valence-corrected chi connectivity index (χ1v) is 8.90. The van der Waals surface area contributed by atoms with E-state index in [0.29, 0.717) is 5.75 Å². The minimum absolute atomic E-state index is 0.0132. The van der Waals surface area contributed by atoms with E-state index in [1.54, 1.807) is 6.07 Å². The molecule has 0 spiro atoms. The van der Waals surface area contributed by atoms with Gasteiger partial charge in [-0.2, -0.15) is 0 Å². The molecule has 118 valence electrons. The molecule has 1 aromatic carbocycles. The minimum Gasteiger partial charge on any atom is -0.497 e. The summed E-state index contributed by atoms with van der Waals surface area (Å²) in [5.74, 6) is 1.28. The number of hydrogen-bond acceptors (Lipinski definition) is 4. The van der Waals surface area contributed by atoms with Crippen molar-refractivity contribution >= 4 is 15.7 Å². The van der Waals surface area contributed by atoms with E-state index in [0.717, 1.165) is 31.6 Å². The van der Waals surface area contributed by atoms with Crippen molar-refractivity contribution in [2.75, 3.05) is 12.8 Å². The summed E-state index contributed by atoms with van der Waals surface area (Å²) in [6, 6.07) is 4.65. The van der Waals surface area contributed by atoms with Gasteiger partial charge in [-0.05, 0) is 43.7 Å². The molecule has 6 heteroatoms. The second kappa shape index (κ2) is 6.66. The molecular weight excluding hydrogens is 288 g/mol. The zero-order valence-electron chi connectivity index (χ0n) is 12.6. The van der Waals surface area contributed by atoms with Crippen LogP contribution in [0.3, 0.4) is 0 Å². The number of sulfonamides is 1. The average molecular weight is 312 g/mol. The fourth-order valence-electron chi connectivity index (χ4n) is 2.87. The number of nitrogen functional groups attached to an aromatic ring is 1. The third kappa shape index (κ3) is 3.89. The highest BCUT2D eigenvalue weighted by atomic mass is 32.2. The fraction of sp³-hybridized carbons (Fsp3) is 0.600. The number of nitrogens with one attached hydrogen (secondary N) is 1. The summed E-state index contributed by atoms with van der Waals surface area (Å²) in [6.07, 6.45) is 5.13. The van der Waals surface area contributed by atoms with Gasteiger partial charge in [0.1, 0.15) is 10.6 Å². The van der Waals surface area contributed by atoms with E-state index in [4.69, 9.17) is 10.5 Å². The number of benzene rings is 1. The Bertz CT molecular complexity index is 579. The lowest BCUT2D eigenvalue weighted by Crippen LogP contribution is -2.37. The van der Waals surface area contributed by atoms with Crippen LogP contribution in [0, 0.1) is 5.92 Å². The van der Waals surface area contributed by atoms with Crippen LogP contribution in [0.1, 0.15) is 39.0 Å². The van der Waals surface area contributed by atoms with Gasteiger partial charge in [0, 0.05) is 12.1 Å². The van der Waals surface area contributed by atoms with E-state index in [1.807, 2.05) is 0 Å². The third-order valence-electron chi connectivity index (χ3n) is 4.25. The molecule has 0 amide bonds. The SMILES string of the molecule is CCC1CCC(NS(=O)(=O)c2ccc(OC)cc2N)CC1. The van der Waals surface area contributed by atoms with Crippen molar-refractivity contribution in [3.63, 3.8) is 0 Å². The summed E-state index contributed by atoms with van der Waals surface area (Å²) in [5, 5.41) is 0. The Balaban J connectivity index is 2.08. The fourth-order valence-corrected chi connectivity index (χ4v) is 4.29. The van der Waals surface area contributed by atoms with Crippen LogP contribution in [0.15, 0.2) is 23.1 Å². The van der Waals surface area contributed by atoms with Crippen LogP contribution >= 0.6 is 0 Å². The summed E-state index contributed by atoms with van der Waals surface area (Å²) >= 11 is 0. The van der Waals surface area contributed by atoms with Crippen molar-refractivity contribution in [1.82, 2.24) is 4.72 Å². The maximum Gasteiger partial charge on any atom is 0.242 e. The molecule has 0 aliphatic heterocycles. The summed E-state index contributed by atoms with van der Waals surface area (Å²) in [7, 11) is -2.05. The Morgan fingerprint density at radius 3 is 2.48 bits per heavy atom. The van der Waals surface area contributed by atoms with Gasteiger partial charge in [0.15, 0.2) is 0 Å². The van der Waals surface area contributed by atoms with Crippen LogP contribution in [0.4, 0.5) is 5.69 Å². The van der Waals surface area contributed by atoms with Gasteiger partial charge >= 0.3 is 0 Å². The zero-order chi connectivity index (χ0) is 15.5. The number of hydrogen-bond donors (Lipinski definition) is 2. The molecule has 0 bridgehead atoms. The van der Waals surface area contributed by atoms with Crippen molar-refractivity contribution in [1.29, 1.82) is 0 Å². The molecule has 5 nitrogen and oxygen atoms in total. The van der Waals surface area contributed by atoms with Gasteiger partial charge < -0.3 is 10.5 Å². The quantitative estimate of drug-likeness (QED) is 0.819. The predicted octanol–water partition coefficient (Wildman–Crippen LogP) is 2.52. The van der Waals surface area contributed by atoms with E-state index in [9.17, 15) is 8.42 Å². The van der Waals surface area contributed by atoms with Crippen LogP contribution in [0.2, 0.25) is 0 Å². The molecule has 1 aliphatic carbocycles. The number of anilines is 1. The Kier molecular flexibility index (Phi) is 5.11. The Morgan fingerprint density at radius 1 is 1.29 bits per heavy atom. The lowest BCUT2D eigenvalue weighted by Gasteiger charge is -2.28. The third-order valence-corrected chi connectivity index (χ3v) is 5.85. The van der Waals surface area contributed by atoms with Crippen molar-refractivity contribution in [3.05, 3.63) is 18.2 Å². The van der Waals surface area contributed by atoms with E-state index in [-0.39, 0.29) is 16.6 Å². The highest BCUT2D eigenvalue weighted by Gasteiger charge is 2.26. The molecule has 0 unspecified atom stereocenters. The lowest BCUT2D eigenvalue weighted by molar-refractivity contribution is 0.306. The summed E-state index contributed by atoms with van der Waals surface area (Å²) in [5.41, 5.74) is 6.04. The summed E-state index contributed by atoms with van der Waals surface area (Å²) in [6.45, 7) is 2.19. The van der Waals surface area contributed by atoms with Crippen molar-refractivity contribution in [2.45, 2.75) is 50.0 Å². The first-order valence-electron chi connectivity index (χ1n) is 7.42. The Morgan fingerprint density at radius 2 is 1.95 bits per heavy atom. The normalized spacial score (nSPS) is 23.0. The van der Waals surface area contributed by atoms with Crippen molar-refractivity contribution in [3.8, 4) is 5.75 Å². The topological polar surface area (TPSA) is 81.4 Å². The highest BCUT2D eigenvalue weighted by molar-refractivity contribution is 7.89. The van der Waals surface area contributed by atoms with Gasteiger partial charge in [0.05, 0.1) is 12.8 Å². The maximum atomic E-state index is 12.4. The molecule has 0 saturated heterocycles. The zero-order valence-corrected chi connectivity index (χ0v) is 13.4. The predicted molar refractivity (Wildman–Crippen MR) is 83.8 cm³/mol. The van der Waals surface area contributed by atoms with Crippen LogP contribution in [-0.2, 0) is 10.0 Å². The van der Waals surface area contributed by atoms with Crippen LogP contribution in [0.25, 0.3) is 0 Å². The summed E-state index contributed by atoms with van der Waals surface area (Å²) < 4.78 is 32.7. The molecule has 21 heavy (non-hydrogen) atoms. The Labute approximate surface area is 126 Å². The number of nitrogens with two attached hydrogens (primary N) is 1. The molecule has 1 aromatic rings. The van der Waals surface area contributed by atoms with Gasteiger partial charge in [0.2, 0.25) is 10.0 Å². The minimum atomic E-state index is -3.57. The van der Waals surface area contributed by atoms with Crippen molar-refractivity contribution < 1.29 is 13.2 Å². The van der Waals surface area contributed by atoms with Gasteiger partial charge in [-0.25, -0.2) is 13.1 Å². The van der Waals surface area contributed by atoms with E-state index in [1.165, 1.54) is 25.7 Å². The van der Waals surface area contributed by atoms with E-state index < -0.39 is 10.0 Å². The molecule has 2 rings (SSSR count). The van der Waals surface area contributed by atoms with E-state index >= 15 is 0 Å². The molecule has 3 N–H and O–H groups in total. The highest BCUT2D eigenvalue weighted by Crippen LogP contribution is 2.29. The largest absolute Gasteiger partial charge is 0.497 e. The van der Waals surface area contributed by atoms with Gasteiger partial charge in [-0.15, -0.1) is 0 Å². The second-order valence-corrected chi connectivity index (χ2v) is 7.33. The number of methoxy groups -OCH3 is 1. The molecule has 0 radical (unpaired) electrons. The molecule has 0 atom stereocenters. The van der Waals surface area contributed by atoms with Crippen LogP contribution < -0.4 is 15.2 Å². The van der Waals surface area contributed by atoms with Gasteiger partial charge in [-0.1, -0.05) is 13.3 Å². The standard InChI is InChI=1S/C15H24N2O3S/c1-3-11-4-6-12(7-5-11)17-21(18,19)15-9-8-13(20-2)10-14(15)16/h8-12,17H,3-7,16H2,1-2H3. The van der Waals surface area contributed by atoms with Gasteiger partial charge in [-0.3, -0.25) is 0 Å². The maximum absolute atomic E-state index is 12.4. The number of rotatable bonds is 5. The average Bonchev–Trinajstić information content (AvgIpc) is 2.47. The molecule has 1 fully saturated rings. The lowest BCUT2D eigenvalue weighted by atomic mass is 9.85. The smallest absolute Gasteiger partial charge is 0.242 e. The molecular formula is C15H24N2O3S.